The largest absolute Gasteiger partial charge is 0.415 e. The van der Waals surface area contributed by atoms with E-state index in [2.05, 4.69) is 5.32 Å². The fraction of sp³-hybridized carbons (Fsp3) is 0.900. The van der Waals surface area contributed by atoms with E-state index >= 15 is 0 Å². The second-order valence-corrected chi connectivity index (χ2v) is 4.07. The number of hydrogen-bond acceptors (Lipinski definition) is 2. The maximum absolute atomic E-state index is 12.4. The van der Waals surface area contributed by atoms with E-state index in [0.717, 1.165) is 6.42 Å². The van der Waals surface area contributed by atoms with Crippen LogP contribution in [0.3, 0.4) is 0 Å². The zero-order valence-electron chi connectivity index (χ0n) is 9.82. The van der Waals surface area contributed by atoms with Crippen LogP contribution in [0.2, 0.25) is 0 Å². The number of nitrogens with two attached hydrogens (primary N) is 1. The van der Waals surface area contributed by atoms with Gasteiger partial charge in [0.2, 0.25) is 5.91 Å². The van der Waals surface area contributed by atoms with Crippen molar-refractivity contribution in [3.63, 3.8) is 0 Å². The Bertz CT molecular complexity index is 239. The van der Waals surface area contributed by atoms with Crippen molar-refractivity contribution in [1.29, 1.82) is 0 Å². The minimum Gasteiger partial charge on any atom is -0.351 e. The third-order valence-electron chi connectivity index (χ3n) is 2.53. The highest BCUT2D eigenvalue weighted by Gasteiger charge is 2.54. The Labute approximate surface area is 93.6 Å². The van der Waals surface area contributed by atoms with Crippen LogP contribution < -0.4 is 11.1 Å². The normalized spacial score (nSPS) is 17.7. The summed E-state index contributed by atoms with van der Waals surface area (Å²) in [4.78, 5) is 11.4. The van der Waals surface area contributed by atoms with Crippen LogP contribution in [0.5, 0.6) is 0 Å². The molecule has 0 aromatic carbocycles. The number of alkyl halides is 3. The maximum atomic E-state index is 12.4. The predicted octanol–water partition coefficient (Wildman–Crippen LogP) is 1.96. The van der Waals surface area contributed by atoms with Crippen molar-refractivity contribution in [3.05, 3.63) is 0 Å². The van der Waals surface area contributed by atoms with E-state index in [9.17, 15) is 18.0 Å². The molecule has 0 aliphatic heterocycles. The van der Waals surface area contributed by atoms with E-state index in [4.69, 9.17) is 5.73 Å². The van der Waals surface area contributed by atoms with Crippen LogP contribution in [0.15, 0.2) is 0 Å². The smallest absolute Gasteiger partial charge is 0.351 e. The molecule has 0 saturated carbocycles. The zero-order valence-corrected chi connectivity index (χ0v) is 9.82. The summed E-state index contributed by atoms with van der Waals surface area (Å²) in [6, 6.07) is -0.247. The van der Waals surface area contributed by atoms with Crippen LogP contribution in [0.1, 0.15) is 40.0 Å². The first-order valence-corrected chi connectivity index (χ1v) is 5.33. The molecule has 2 unspecified atom stereocenters. The van der Waals surface area contributed by atoms with Gasteiger partial charge >= 0.3 is 6.18 Å². The average Bonchev–Trinajstić information content (AvgIpc) is 2.15. The quantitative estimate of drug-likeness (QED) is 0.771. The van der Waals surface area contributed by atoms with Crippen molar-refractivity contribution >= 4 is 5.91 Å². The Morgan fingerprint density at radius 1 is 1.38 bits per heavy atom. The molecule has 0 aromatic rings. The lowest BCUT2D eigenvalue weighted by atomic mass is 10.0. The van der Waals surface area contributed by atoms with E-state index in [1.165, 1.54) is 0 Å². The van der Waals surface area contributed by atoms with Crippen molar-refractivity contribution < 1.29 is 18.0 Å². The van der Waals surface area contributed by atoms with E-state index in [1.54, 1.807) is 0 Å². The van der Waals surface area contributed by atoms with Crippen LogP contribution in [0.4, 0.5) is 13.2 Å². The Balaban J connectivity index is 4.56. The fourth-order valence-electron chi connectivity index (χ4n) is 1.19. The molecule has 2 atom stereocenters. The summed E-state index contributed by atoms with van der Waals surface area (Å²) >= 11 is 0. The van der Waals surface area contributed by atoms with Crippen molar-refractivity contribution in [1.82, 2.24) is 5.32 Å². The minimum atomic E-state index is -4.73. The van der Waals surface area contributed by atoms with E-state index in [1.807, 2.05) is 13.8 Å². The second kappa shape index (κ2) is 5.52. The highest BCUT2D eigenvalue weighted by molar-refractivity contribution is 5.86. The molecule has 0 radical (unpaired) electrons. The Kier molecular flexibility index (Phi) is 5.25. The van der Waals surface area contributed by atoms with Crippen molar-refractivity contribution in [2.75, 3.05) is 0 Å². The average molecular weight is 240 g/mol. The Morgan fingerprint density at radius 3 is 2.19 bits per heavy atom. The summed E-state index contributed by atoms with van der Waals surface area (Å²) in [6.07, 6.45) is -2.70. The van der Waals surface area contributed by atoms with E-state index in [-0.39, 0.29) is 6.04 Å². The molecular formula is C10H19F3N2O. The van der Waals surface area contributed by atoms with Gasteiger partial charge in [0.1, 0.15) is 0 Å². The first-order chi connectivity index (χ1) is 7.16. The monoisotopic (exact) mass is 240 g/mol. The number of carbonyl (C=O) groups excluding carboxylic acids is 1. The third-order valence-corrected chi connectivity index (χ3v) is 2.53. The molecule has 3 nitrogen and oxygen atoms in total. The standard InChI is InChI=1S/C10H19F3N2O/c1-4-6-7(5-2)15-8(16)9(3,14)10(11,12)13/h7H,4-6,14H2,1-3H3,(H,15,16). The summed E-state index contributed by atoms with van der Waals surface area (Å²) < 4.78 is 37.3. The van der Waals surface area contributed by atoms with E-state index < -0.39 is 17.6 Å². The molecule has 0 saturated heterocycles. The first kappa shape index (κ1) is 15.2. The molecule has 0 spiro atoms. The molecule has 0 bridgehead atoms. The molecule has 0 fully saturated rings. The summed E-state index contributed by atoms with van der Waals surface area (Å²) in [7, 11) is 0. The van der Waals surface area contributed by atoms with Gasteiger partial charge in [0.15, 0.2) is 5.54 Å². The summed E-state index contributed by atoms with van der Waals surface area (Å²) in [5.41, 5.74) is 2.17. The van der Waals surface area contributed by atoms with Crippen molar-refractivity contribution in [2.24, 2.45) is 5.73 Å². The molecule has 0 heterocycles. The number of hydrogen-bond donors (Lipinski definition) is 2. The summed E-state index contributed by atoms with van der Waals surface area (Å²) in [6.45, 7) is 4.39. The molecule has 0 aromatic heterocycles. The molecule has 1 amide bonds. The van der Waals surface area contributed by atoms with Gasteiger partial charge in [0, 0.05) is 6.04 Å². The highest BCUT2D eigenvalue weighted by Crippen LogP contribution is 2.28. The number of carbonyl (C=O) groups is 1. The van der Waals surface area contributed by atoms with Gasteiger partial charge in [-0.05, 0) is 19.8 Å². The second-order valence-electron chi connectivity index (χ2n) is 4.07. The van der Waals surface area contributed by atoms with Gasteiger partial charge in [-0.25, -0.2) is 0 Å². The number of nitrogens with one attached hydrogen (secondary N) is 1. The van der Waals surface area contributed by atoms with Gasteiger partial charge in [0.25, 0.3) is 0 Å². The lowest BCUT2D eigenvalue weighted by Gasteiger charge is -2.28. The Hall–Kier alpha value is -0.780. The van der Waals surface area contributed by atoms with E-state index in [0.29, 0.717) is 19.8 Å². The molecule has 3 N–H and O–H groups in total. The first-order valence-electron chi connectivity index (χ1n) is 5.33. The van der Waals surface area contributed by atoms with Gasteiger partial charge in [-0.1, -0.05) is 20.3 Å². The van der Waals surface area contributed by atoms with Crippen LogP contribution in [-0.4, -0.2) is 23.7 Å². The fourth-order valence-corrected chi connectivity index (χ4v) is 1.19. The lowest BCUT2D eigenvalue weighted by Crippen LogP contribution is -2.62. The van der Waals surface area contributed by atoms with Crippen molar-refractivity contribution in [2.45, 2.75) is 57.8 Å². The number of halogens is 3. The maximum Gasteiger partial charge on any atom is 0.415 e. The predicted molar refractivity (Wildman–Crippen MR) is 55.8 cm³/mol. The molecule has 16 heavy (non-hydrogen) atoms. The highest BCUT2D eigenvalue weighted by atomic mass is 19.4. The third kappa shape index (κ3) is 3.66. The van der Waals surface area contributed by atoms with Gasteiger partial charge < -0.3 is 11.1 Å². The number of amides is 1. The molecular weight excluding hydrogens is 221 g/mol. The molecule has 0 aliphatic rings. The van der Waals surface area contributed by atoms with Crippen LogP contribution in [0.25, 0.3) is 0 Å². The molecule has 96 valence electrons. The Morgan fingerprint density at radius 2 is 1.88 bits per heavy atom. The topological polar surface area (TPSA) is 55.1 Å². The van der Waals surface area contributed by atoms with Crippen LogP contribution >= 0.6 is 0 Å². The van der Waals surface area contributed by atoms with Gasteiger partial charge in [0.05, 0.1) is 0 Å². The van der Waals surface area contributed by atoms with Crippen LogP contribution in [0, 0.1) is 0 Å². The summed E-state index contributed by atoms with van der Waals surface area (Å²) in [5, 5.41) is 2.33. The molecule has 0 aliphatic carbocycles. The van der Waals surface area contributed by atoms with Gasteiger partial charge in [-0.3, -0.25) is 4.79 Å². The minimum absolute atomic E-state index is 0.247. The summed E-state index contributed by atoms with van der Waals surface area (Å²) in [5.74, 6) is -1.17. The van der Waals surface area contributed by atoms with Gasteiger partial charge in [-0.2, -0.15) is 13.2 Å². The zero-order chi connectivity index (χ0) is 13.0. The number of rotatable bonds is 5. The lowest BCUT2D eigenvalue weighted by molar-refractivity contribution is -0.187. The SMILES string of the molecule is CCCC(CC)NC(=O)C(C)(N)C(F)(F)F. The van der Waals surface area contributed by atoms with Gasteiger partial charge in [-0.15, -0.1) is 0 Å². The van der Waals surface area contributed by atoms with Crippen LogP contribution in [-0.2, 0) is 4.79 Å². The molecule has 6 heteroatoms. The van der Waals surface area contributed by atoms with Crippen molar-refractivity contribution in [3.8, 4) is 0 Å². The molecule has 0 rings (SSSR count).